The SMILES string of the molecule is CN(C)CCN1CC2CN(C(=O)C3(C#N)CCCC3)CC2C1=O. The Hall–Kier alpha value is -1.61. The Labute approximate surface area is 138 Å². The number of hydrogen-bond acceptors (Lipinski definition) is 4. The first kappa shape index (κ1) is 16.3. The number of likely N-dealkylation sites (N-methyl/N-ethyl adjacent to an activating group) is 1. The number of nitriles is 1. The number of likely N-dealkylation sites (tertiary alicyclic amines) is 2. The molecular weight excluding hydrogens is 292 g/mol. The molecule has 0 aromatic carbocycles. The minimum atomic E-state index is -0.813. The monoisotopic (exact) mass is 318 g/mol. The van der Waals surface area contributed by atoms with Crippen molar-refractivity contribution >= 4 is 11.8 Å². The fourth-order valence-corrected chi connectivity index (χ4v) is 4.29. The molecule has 0 aromatic rings. The lowest BCUT2D eigenvalue weighted by atomic mass is 9.86. The van der Waals surface area contributed by atoms with Crippen LogP contribution in [0.15, 0.2) is 0 Å². The molecule has 2 atom stereocenters. The van der Waals surface area contributed by atoms with Gasteiger partial charge in [0, 0.05) is 38.6 Å². The second-order valence-corrected chi connectivity index (χ2v) is 7.57. The van der Waals surface area contributed by atoms with E-state index in [4.69, 9.17) is 0 Å². The van der Waals surface area contributed by atoms with Gasteiger partial charge in [-0.1, -0.05) is 12.8 Å². The molecule has 0 radical (unpaired) electrons. The van der Waals surface area contributed by atoms with Gasteiger partial charge in [-0.3, -0.25) is 9.59 Å². The molecule has 1 aliphatic carbocycles. The van der Waals surface area contributed by atoms with Gasteiger partial charge < -0.3 is 14.7 Å². The van der Waals surface area contributed by atoms with E-state index in [9.17, 15) is 14.9 Å². The number of hydrogen-bond donors (Lipinski definition) is 0. The molecule has 3 fully saturated rings. The Morgan fingerprint density at radius 2 is 2.00 bits per heavy atom. The van der Waals surface area contributed by atoms with Gasteiger partial charge in [0.2, 0.25) is 11.8 Å². The summed E-state index contributed by atoms with van der Waals surface area (Å²) >= 11 is 0. The molecule has 0 N–H and O–H groups in total. The molecule has 1 saturated carbocycles. The Morgan fingerprint density at radius 1 is 1.30 bits per heavy atom. The molecule has 2 heterocycles. The minimum Gasteiger partial charge on any atom is -0.341 e. The van der Waals surface area contributed by atoms with Crippen LogP contribution in [0.5, 0.6) is 0 Å². The zero-order valence-electron chi connectivity index (χ0n) is 14.1. The van der Waals surface area contributed by atoms with Crippen molar-refractivity contribution in [3.63, 3.8) is 0 Å². The van der Waals surface area contributed by atoms with E-state index in [-0.39, 0.29) is 23.7 Å². The Kier molecular flexibility index (Phi) is 4.33. The quantitative estimate of drug-likeness (QED) is 0.759. The molecule has 6 nitrogen and oxygen atoms in total. The Morgan fingerprint density at radius 3 is 2.57 bits per heavy atom. The van der Waals surface area contributed by atoms with Crippen LogP contribution in [0, 0.1) is 28.6 Å². The van der Waals surface area contributed by atoms with E-state index in [0.717, 1.165) is 32.5 Å². The molecular formula is C17H26N4O2. The average Bonchev–Trinajstić information content (AvgIpc) is 3.22. The highest BCUT2D eigenvalue weighted by Gasteiger charge is 2.51. The van der Waals surface area contributed by atoms with Crippen LogP contribution in [0.3, 0.4) is 0 Å². The summed E-state index contributed by atoms with van der Waals surface area (Å²) in [7, 11) is 4.01. The van der Waals surface area contributed by atoms with Crippen molar-refractivity contribution in [2.24, 2.45) is 17.3 Å². The smallest absolute Gasteiger partial charge is 0.243 e. The van der Waals surface area contributed by atoms with Gasteiger partial charge in [0.15, 0.2) is 0 Å². The number of carbonyl (C=O) groups excluding carboxylic acids is 2. The molecule has 3 aliphatic rings. The highest BCUT2D eigenvalue weighted by Crippen LogP contribution is 2.41. The molecule has 2 aliphatic heterocycles. The van der Waals surface area contributed by atoms with Gasteiger partial charge in [-0.15, -0.1) is 0 Å². The minimum absolute atomic E-state index is 0.0282. The van der Waals surface area contributed by atoms with E-state index < -0.39 is 5.41 Å². The Bertz CT molecular complexity index is 533. The molecule has 2 amide bonds. The molecule has 6 heteroatoms. The highest BCUT2D eigenvalue weighted by atomic mass is 16.2. The molecule has 0 spiro atoms. The van der Waals surface area contributed by atoms with Gasteiger partial charge >= 0.3 is 0 Å². The van der Waals surface area contributed by atoms with Crippen LogP contribution in [0.2, 0.25) is 0 Å². The summed E-state index contributed by atoms with van der Waals surface area (Å²) in [5.74, 6) is 0.341. The van der Waals surface area contributed by atoms with E-state index in [1.54, 1.807) is 4.90 Å². The van der Waals surface area contributed by atoms with Crippen LogP contribution in [-0.2, 0) is 9.59 Å². The molecule has 2 saturated heterocycles. The third kappa shape index (κ3) is 2.83. The van der Waals surface area contributed by atoms with Gasteiger partial charge in [0.1, 0.15) is 5.41 Å². The topological polar surface area (TPSA) is 67.7 Å². The van der Waals surface area contributed by atoms with Crippen molar-refractivity contribution in [2.75, 3.05) is 46.8 Å². The van der Waals surface area contributed by atoms with Gasteiger partial charge in [0.05, 0.1) is 12.0 Å². The zero-order valence-corrected chi connectivity index (χ0v) is 14.1. The summed E-state index contributed by atoms with van der Waals surface area (Å²) in [6.07, 6.45) is 3.27. The standard InChI is InChI=1S/C17H26N4O2/c1-19(2)7-8-20-9-13-10-21(11-14(13)15(20)22)16(23)17(12-18)5-3-4-6-17/h13-14H,3-11H2,1-2H3. The van der Waals surface area contributed by atoms with E-state index in [1.807, 2.05) is 19.0 Å². The van der Waals surface area contributed by atoms with Crippen LogP contribution >= 0.6 is 0 Å². The molecule has 2 unspecified atom stereocenters. The van der Waals surface area contributed by atoms with E-state index >= 15 is 0 Å². The summed E-state index contributed by atoms with van der Waals surface area (Å²) in [5, 5.41) is 9.49. The predicted octanol–water partition coefficient (Wildman–Crippen LogP) is 0.549. The van der Waals surface area contributed by atoms with Crippen LogP contribution in [0.1, 0.15) is 25.7 Å². The van der Waals surface area contributed by atoms with Gasteiger partial charge in [-0.05, 0) is 26.9 Å². The second-order valence-electron chi connectivity index (χ2n) is 7.57. The number of rotatable bonds is 4. The first-order valence-electron chi connectivity index (χ1n) is 8.61. The van der Waals surface area contributed by atoms with E-state index in [1.165, 1.54) is 0 Å². The van der Waals surface area contributed by atoms with Crippen molar-refractivity contribution in [3.8, 4) is 6.07 Å². The first-order valence-corrected chi connectivity index (χ1v) is 8.61. The number of amides is 2. The maximum absolute atomic E-state index is 12.8. The normalized spacial score (nSPS) is 29.2. The number of nitrogens with zero attached hydrogens (tertiary/aromatic N) is 4. The summed E-state index contributed by atoms with van der Waals surface area (Å²) in [4.78, 5) is 31.2. The van der Waals surface area contributed by atoms with Crippen molar-refractivity contribution < 1.29 is 9.59 Å². The molecule has 0 bridgehead atoms. The fraction of sp³-hybridized carbons (Fsp3) is 0.824. The van der Waals surface area contributed by atoms with Crippen molar-refractivity contribution in [1.82, 2.24) is 14.7 Å². The summed E-state index contributed by atoms with van der Waals surface area (Å²) < 4.78 is 0. The lowest BCUT2D eigenvalue weighted by Crippen LogP contribution is -2.43. The highest BCUT2D eigenvalue weighted by molar-refractivity contribution is 5.88. The Balaban J connectivity index is 1.62. The third-order valence-electron chi connectivity index (χ3n) is 5.71. The molecule has 23 heavy (non-hydrogen) atoms. The summed E-state index contributed by atoms with van der Waals surface area (Å²) in [6.45, 7) is 3.52. The first-order chi connectivity index (χ1) is 11.0. The molecule has 3 rings (SSSR count). The van der Waals surface area contributed by atoms with Crippen molar-refractivity contribution in [3.05, 3.63) is 0 Å². The largest absolute Gasteiger partial charge is 0.341 e. The van der Waals surface area contributed by atoms with E-state index in [2.05, 4.69) is 11.0 Å². The third-order valence-corrected chi connectivity index (χ3v) is 5.71. The number of carbonyl (C=O) groups is 2. The maximum atomic E-state index is 12.8. The van der Waals surface area contributed by atoms with Crippen LogP contribution in [0.25, 0.3) is 0 Å². The molecule has 0 aromatic heterocycles. The summed E-state index contributed by atoms with van der Waals surface area (Å²) in [5.41, 5.74) is -0.813. The fourth-order valence-electron chi connectivity index (χ4n) is 4.29. The maximum Gasteiger partial charge on any atom is 0.243 e. The summed E-state index contributed by atoms with van der Waals surface area (Å²) in [6, 6.07) is 2.28. The zero-order chi connectivity index (χ0) is 16.6. The van der Waals surface area contributed by atoms with Crippen LogP contribution in [-0.4, -0.2) is 73.3 Å². The van der Waals surface area contributed by atoms with Crippen molar-refractivity contribution in [2.45, 2.75) is 25.7 Å². The van der Waals surface area contributed by atoms with Gasteiger partial charge in [-0.25, -0.2) is 0 Å². The number of fused-ring (bicyclic) bond motifs is 1. The van der Waals surface area contributed by atoms with Crippen LogP contribution < -0.4 is 0 Å². The average molecular weight is 318 g/mol. The second kappa shape index (κ2) is 6.12. The lowest BCUT2D eigenvalue weighted by molar-refractivity contribution is -0.139. The lowest BCUT2D eigenvalue weighted by Gasteiger charge is -2.28. The van der Waals surface area contributed by atoms with Gasteiger partial charge in [0.25, 0.3) is 0 Å². The van der Waals surface area contributed by atoms with Gasteiger partial charge in [-0.2, -0.15) is 5.26 Å². The van der Waals surface area contributed by atoms with E-state index in [0.29, 0.717) is 25.9 Å². The van der Waals surface area contributed by atoms with Crippen LogP contribution in [0.4, 0.5) is 0 Å². The predicted molar refractivity (Wildman–Crippen MR) is 85.2 cm³/mol. The van der Waals surface area contributed by atoms with Crippen molar-refractivity contribution in [1.29, 1.82) is 5.26 Å². The molecule has 126 valence electrons.